The van der Waals surface area contributed by atoms with Gasteiger partial charge in [-0.25, -0.2) is 4.79 Å². The highest BCUT2D eigenvalue weighted by Gasteiger charge is 2.38. The van der Waals surface area contributed by atoms with E-state index in [1.807, 2.05) is 6.26 Å². The fraction of sp³-hybridized carbons (Fsp3) is 0.357. The van der Waals surface area contributed by atoms with Crippen LogP contribution in [0.3, 0.4) is 0 Å². The van der Waals surface area contributed by atoms with Crippen LogP contribution in [0.5, 0.6) is 0 Å². The monoisotopic (exact) mass is 385 g/mol. The topological polar surface area (TPSA) is 78.5 Å². The van der Waals surface area contributed by atoms with Gasteiger partial charge in [0.25, 0.3) is 5.91 Å². The molecule has 8 heteroatoms. The van der Waals surface area contributed by atoms with Gasteiger partial charge >= 0.3 is 6.03 Å². The highest BCUT2D eigenvalue weighted by molar-refractivity contribution is 9.10. The lowest BCUT2D eigenvalue weighted by Crippen LogP contribution is -2.38. The molecule has 6 nitrogen and oxygen atoms in total. The van der Waals surface area contributed by atoms with Crippen LogP contribution in [-0.4, -0.2) is 47.3 Å². The van der Waals surface area contributed by atoms with E-state index in [0.717, 1.165) is 15.1 Å². The van der Waals surface area contributed by atoms with Gasteiger partial charge in [0.05, 0.1) is 0 Å². The average Bonchev–Trinajstić information content (AvgIpc) is 2.75. The molecule has 1 aromatic carbocycles. The SMILES string of the molecule is CSCCC1NC(=O)N(CC(=O)Nc2ccc(Br)cc2)C1=O. The molecular weight excluding hydrogens is 370 g/mol. The number of amides is 4. The van der Waals surface area contributed by atoms with Crippen molar-refractivity contribution in [3.63, 3.8) is 0 Å². The van der Waals surface area contributed by atoms with Gasteiger partial charge in [0.2, 0.25) is 5.91 Å². The summed E-state index contributed by atoms with van der Waals surface area (Å²) in [5.41, 5.74) is 0.610. The second-order valence-electron chi connectivity index (χ2n) is 4.76. The molecule has 0 aromatic heterocycles. The fourth-order valence-electron chi connectivity index (χ4n) is 2.04. The molecule has 22 heavy (non-hydrogen) atoms. The number of nitrogens with zero attached hydrogens (tertiary/aromatic N) is 1. The molecular formula is C14H16BrN3O3S. The number of carbonyl (C=O) groups is 3. The summed E-state index contributed by atoms with van der Waals surface area (Å²) in [7, 11) is 0. The van der Waals surface area contributed by atoms with Crippen molar-refractivity contribution in [2.24, 2.45) is 0 Å². The molecule has 2 N–H and O–H groups in total. The average molecular weight is 386 g/mol. The van der Waals surface area contributed by atoms with Gasteiger partial charge < -0.3 is 10.6 Å². The Labute approximate surface area is 141 Å². The summed E-state index contributed by atoms with van der Waals surface area (Å²) in [5.74, 6) is 0.0247. The molecule has 118 valence electrons. The van der Waals surface area contributed by atoms with Crippen LogP contribution >= 0.6 is 27.7 Å². The lowest BCUT2D eigenvalue weighted by Gasteiger charge is -2.13. The quantitative estimate of drug-likeness (QED) is 0.734. The Morgan fingerprint density at radius 1 is 1.36 bits per heavy atom. The Morgan fingerprint density at radius 2 is 2.05 bits per heavy atom. The summed E-state index contributed by atoms with van der Waals surface area (Å²) in [5, 5.41) is 5.26. The number of nitrogens with one attached hydrogen (secondary N) is 2. The zero-order valence-electron chi connectivity index (χ0n) is 12.0. The maximum Gasteiger partial charge on any atom is 0.325 e. The number of imide groups is 1. The van der Waals surface area contributed by atoms with E-state index in [1.54, 1.807) is 36.0 Å². The van der Waals surface area contributed by atoms with Gasteiger partial charge in [-0.15, -0.1) is 0 Å². The Bertz CT molecular complexity index is 579. The van der Waals surface area contributed by atoms with E-state index in [2.05, 4.69) is 26.6 Å². The third kappa shape index (κ3) is 4.23. The Balaban J connectivity index is 1.92. The Hall–Kier alpha value is -1.54. The number of thioether (sulfide) groups is 1. The number of anilines is 1. The van der Waals surface area contributed by atoms with Gasteiger partial charge in [0, 0.05) is 10.2 Å². The minimum absolute atomic E-state index is 0.281. The molecule has 0 spiro atoms. The smallest absolute Gasteiger partial charge is 0.325 e. The van der Waals surface area contributed by atoms with Gasteiger partial charge in [0.1, 0.15) is 12.6 Å². The van der Waals surface area contributed by atoms with Gasteiger partial charge in [-0.2, -0.15) is 11.8 Å². The normalized spacial score (nSPS) is 17.5. The van der Waals surface area contributed by atoms with Gasteiger partial charge in [0.15, 0.2) is 0 Å². The molecule has 4 amide bonds. The maximum absolute atomic E-state index is 12.1. The third-order valence-corrected chi connectivity index (χ3v) is 4.32. The first-order valence-electron chi connectivity index (χ1n) is 6.67. The lowest BCUT2D eigenvalue weighted by molar-refractivity contribution is -0.130. The molecule has 1 fully saturated rings. The van der Waals surface area contributed by atoms with E-state index in [1.165, 1.54) is 0 Å². The molecule has 1 aliphatic heterocycles. The van der Waals surface area contributed by atoms with Gasteiger partial charge in [-0.3, -0.25) is 14.5 Å². The molecule has 1 aromatic rings. The van der Waals surface area contributed by atoms with Crippen LogP contribution in [0.1, 0.15) is 6.42 Å². The molecule has 0 aliphatic carbocycles. The number of benzene rings is 1. The largest absolute Gasteiger partial charge is 0.326 e. The predicted molar refractivity (Wildman–Crippen MR) is 89.8 cm³/mol. The summed E-state index contributed by atoms with van der Waals surface area (Å²) < 4.78 is 0.899. The van der Waals surface area contributed by atoms with Crippen LogP contribution in [-0.2, 0) is 9.59 Å². The van der Waals surface area contributed by atoms with Gasteiger partial charge in [-0.1, -0.05) is 15.9 Å². The van der Waals surface area contributed by atoms with E-state index in [9.17, 15) is 14.4 Å². The zero-order valence-corrected chi connectivity index (χ0v) is 14.4. The molecule has 0 radical (unpaired) electrons. The number of hydrogen-bond acceptors (Lipinski definition) is 4. The van der Waals surface area contributed by atoms with Crippen LogP contribution in [0.25, 0.3) is 0 Å². The molecule has 1 saturated heterocycles. The molecule has 1 aliphatic rings. The lowest BCUT2D eigenvalue weighted by atomic mass is 10.2. The fourth-order valence-corrected chi connectivity index (χ4v) is 2.77. The van der Waals surface area contributed by atoms with E-state index in [4.69, 9.17) is 0 Å². The zero-order chi connectivity index (χ0) is 16.1. The van der Waals surface area contributed by atoms with Crippen molar-refractivity contribution < 1.29 is 14.4 Å². The molecule has 1 heterocycles. The van der Waals surface area contributed by atoms with Crippen molar-refractivity contribution in [2.75, 3.05) is 23.9 Å². The summed E-state index contributed by atoms with van der Waals surface area (Å²) in [4.78, 5) is 36.8. The van der Waals surface area contributed by atoms with Crippen LogP contribution in [0.15, 0.2) is 28.7 Å². The first kappa shape index (κ1) is 16.8. The molecule has 1 atom stereocenters. The highest BCUT2D eigenvalue weighted by atomic mass is 79.9. The molecule has 2 rings (SSSR count). The van der Waals surface area contributed by atoms with Crippen LogP contribution in [0.2, 0.25) is 0 Å². The third-order valence-electron chi connectivity index (χ3n) is 3.15. The van der Waals surface area contributed by atoms with E-state index >= 15 is 0 Å². The maximum atomic E-state index is 12.1. The standard InChI is InChI=1S/C14H16BrN3O3S/c1-22-7-6-11-13(20)18(14(21)17-11)8-12(19)16-10-4-2-9(15)3-5-10/h2-5,11H,6-8H2,1H3,(H,16,19)(H,17,21). The highest BCUT2D eigenvalue weighted by Crippen LogP contribution is 2.15. The minimum Gasteiger partial charge on any atom is -0.326 e. The van der Waals surface area contributed by atoms with Crippen molar-refractivity contribution in [3.8, 4) is 0 Å². The summed E-state index contributed by atoms with van der Waals surface area (Å²) in [6.07, 6.45) is 2.50. The van der Waals surface area contributed by atoms with Crippen LogP contribution in [0.4, 0.5) is 10.5 Å². The van der Waals surface area contributed by atoms with Crippen LogP contribution < -0.4 is 10.6 Å². The van der Waals surface area contributed by atoms with Gasteiger partial charge in [-0.05, 0) is 42.7 Å². The minimum atomic E-state index is -0.527. The summed E-state index contributed by atoms with van der Waals surface area (Å²) in [6, 6.07) is 6.01. The molecule has 1 unspecified atom stereocenters. The number of rotatable bonds is 6. The Kier molecular flexibility index (Phi) is 5.84. The number of halogens is 1. The Morgan fingerprint density at radius 3 is 2.68 bits per heavy atom. The van der Waals surface area contributed by atoms with E-state index in [0.29, 0.717) is 12.1 Å². The summed E-state index contributed by atoms with van der Waals surface area (Å²) in [6.45, 7) is -0.281. The van der Waals surface area contributed by atoms with Crippen molar-refractivity contribution in [1.29, 1.82) is 0 Å². The first-order chi connectivity index (χ1) is 10.5. The second kappa shape index (κ2) is 7.64. The predicted octanol–water partition coefficient (Wildman–Crippen LogP) is 2.06. The van der Waals surface area contributed by atoms with E-state index in [-0.39, 0.29) is 12.5 Å². The number of hydrogen-bond donors (Lipinski definition) is 2. The van der Waals surface area contributed by atoms with Crippen molar-refractivity contribution in [2.45, 2.75) is 12.5 Å². The van der Waals surface area contributed by atoms with E-state index < -0.39 is 18.0 Å². The van der Waals surface area contributed by atoms with Crippen molar-refractivity contribution >= 4 is 51.2 Å². The summed E-state index contributed by atoms with van der Waals surface area (Å²) >= 11 is 4.91. The van der Waals surface area contributed by atoms with Crippen molar-refractivity contribution in [3.05, 3.63) is 28.7 Å². The van der Waals surface area contributed by atoms with Crippen LogP contribution in [0, 0.1) is 0 Å². The number of urea groups is 1. The second-order valence-corrected chi connectivity index (χ2v) is 6.66. The molecule has 0 bridgehead atoms. The van der Waals surface area contributed by atoms with Crippen molar-refractivity contribution in [1.82, 2.24) is 10.2 Å². The molecule has 0 saturated carbocycles. The first-order valence-corrected chi connectivity index (χ1v) is 8.86. The number of carbonyl (C=O) groups excluding carboxylic acids is 3.